The van der Waals surface area contributed by atoms with Gasteiger partial charge in [0.15, 0.2) is 17.4 Å². The fraction of sp³-hybridized carbons (Fsp3) is 0.0952. The zero-order valence-corrected chi connectivity index (χ0v) is 17.6. The molecule has 0 bridgehead atoms. The molecule has 1 aliphatic heterocycles. The number of sulfonamides is 1. The van der Waals surface area contributed by atoms with Crippen LogP contribution < -0.4 is 5.32 Å². The second-order valence-electron chi connectivity index (χ2n) is 7.38. The third kappa shape index (κ3) is 2.91. The number of fused-ring (bicyclic) bond motifs is 3. The van der Waals surface area contributed by atoms with E-state index in [9.17, 15) is 28.1 Å². The van der Waals surface area contributed by atoms with Crippen molar-refractivity contribution in [2.24, 2.45) is 16.2 Å². The van der Waals surface area contributed by atoms with E-state index in [0.29, 0.717) is 5.56 Å². The minimum absolute atomic E-state index is 0.0563. The summed E-state index contributed by atoms with van der Waals surface area (Å²) >= 11 is 6.53. The maximum atomic E-state index is 13.1. The van der Waals surface area contributed by atoms with Crippen molar-refractivity contribution in [1.82, 2.24) is 5.32 Å². The Hall–Kier alpha value is -3.63. The number of amidine groups is 1. The molecule has 2 unspecified atom stereocenters. The number of nitrogens with zero attached hydrogens (tertiary/aromatic N) is 2. The Morgan fingerprint density at radius 2 is 1.72 bits per heavy atom. The summed E-state index contributed by atoms with van der Waals surface area (Å²) in [6, 6.07) is 9.89. The molecule has 0 aromatic heterocycles. The number of benzene rings is 2. The van der Waals surface area contributed by atoms with Crippen LogP contribution in [-0.2, 0) is 10.0 Å². The first-order valence-corrected chi connectivity index (χ1v) is 11.2. The summed E-state index contributed by atoms with van der Waals surface area (Å²) in [5.41, 5.74) is 0.593. The lowest BCUT2D eigenvalue weighted by Crippen LogP contribution is -2.39. The molecule has 9 nitrogen and oxygen atoms in total. The molecule has 2 atom stereocenters. The zero-order chi connectivity index (χ0) is 22.8. The largest absolute Gasteiger partial charge is 0.338 e. The van der Waals surface area contributed by atoms with Crippen LogP contribution in [0.4, 0.5) is 5.69 Å². The average Bonchev–Trinajstić information content (AvgIpc) is 3.02. The van der Waals surface area contributed by atoms with Crippen LogP contribution in [0.2, 0.25) is 0 Å². The molecular weight excluding hydrogens is 458 g/mol. The quantitative estimate of drug-likeness (QED) is 0.527. The van der Waals surface area contributed by atoms with Crippen molar-refractivity contribution in [3.63, 3.8) is 0 Å². The molecule has 1 N–H and O–H groups in total. The highest BCUT2D eigenvalue weighted by molar-refractivity contribution is 7.90. The van der Waals surface area contributed by atoms with Gasteiger partial charge in [-0.1, -0.05) is 41.9 Å². The molecule has 160 valence electrons. The molecule has 2 aromatic rings. The molecule has 32 heavy (non-hydrogen) atoms. The minimum Gasteiger partial charge on any atom is -0.338 e. The number of hydrogen-bond donors (Lipinski definition) is 1. The maximum absolute atomic E-state index is 13.1. The van der Waals surface area contributed by atoms with Gasteiger partial charge in [0.05, 0.1) is 27.5 Å². The van der Waals surface area contributed by atoms with Gasteiger partial charge in [-0.25, -0.2) is 0 Å². The number of Topliss-reactive ketones (excluding diaryl/α,β-unsaturated/α-hetero) is 2. The maximum Gasteiger partial charge on any atom is 0.285 e. The number of nitro benzene ring substituents is 1. The first-order valence-electron chi connectivity index (χ1n) is 9.35. The van der Waals surface area contributed by atoms with Gasteiger partial charge < -0.3 is 5.32 Å². The predicted molar refractivity (Wildman–Crippen MR) is 114 cm³/mol. The van der Waals surface area contributed by atoms with E-state index < -0.39 is 26.8 Å². The van der Waals surface area contributed by atoms with Crippen molar-refractivity contribution >= 4 is 44.7 Å². The van der Waals surface area contributed by atoms with E-state index in [4.69, 9.17) is 11.6 Å². The van der Waals surface area contributed by atoms with E-state index in [2.05, 4.69) is 9.71 Å². The SMILES string of the molecule is O=C1c2ccccc2C(=O)C2C(Cl)=C(NC3=NS(=O)(=O)c4cc([N+](=O)[O-])ccc43)C=CC12. The van der Waals surface area contributed by atoms with Crippen LogP contribution >= 0.6 is 11.6 Å². The van der Waals surface area contributed by atoms with Crippen molar-refractivity contribution in [1.29, 1.82) is 0 Å². The fourth-order valence-corrected chi connectivity index (χ4v) is 5.60. The molecule has 0 fully saturated rings. The zero-order valence-electron chi connectivity index (χ0n) is 16.0. The van der Waals surface area contributed by atoms with Crippen LogP contribution in [-0.4, -0.2) is 30.7 Å². The van der Waals surface area contributed by atoms with E-state index in [1.807, 2.05) is 0 Å². The standard InChI is InChI=1S/C21H12ClN3O6S/c22-18-15(8-7-14-17(18)20(27)12-4-2-1-3-11(12)19(14)26)23-21-13-6-5-10(25(28)29)9-16(13)32(30,31)24-21/h1-9,14,17H,(H,23,24). The van der Waals surface area contributed by atoms with Crippen molar-refractivity contribution in [3.8, 4) is 0 Å². The van der Waals surface area contributed by atoms with Crippen LogP contribution in [0, 0.1) is 22.0 Å². The smallest absolute Gasteiger partial charge is 0.285 e. The van der Waals surface area contributed by atoms with Gasteiger partial charge in [-0.2, -0.15) is 8.42 Å². The van der Waals surface area contributed by atoms with Crippen LogP contribution in [0.1, 0.15) is 26.3 Å². The molecule has 0 saturated heterocycles. The van der Waals surface area contributed by atoms with Crippen LogP contribution in [0.3, 0.4) is 0 Å². The molecule has 11 heteroatoms. The summed E-state index contributed by atoms with van der Waals surface area (Å²) in [7, 11) is -4.15. The van der Waals surface area contributed by atoms with Crippen molar-refractivity contribution in [2.75, 3.05) is 0 Å². The van der Waals surface area contributed by atoms with E-state index in [1.54, 1.807) is 30.3 Å². The molecule has 2 aromatic carbocycles. The molecule has 2 aliphatic carbocycles. The third-order valence-corrected chi connectivity index (χ3v) is 7.33. The summed E-state index contributed by atoms with van der Waals surface area (Å²) in [5, 5.41) is 13.9. The summed E-state index contributed by atoms with van der Waals surface area (Å²) < 4.78 is 28.5. The monoisotopic (exact) mass is 469 g/mol. The number of nitro groups is 1. The first kappa shape index (κ1) is 20.3. The van der Waals surface area contributed by atoms with Crippen LogP contribution in [0.25, 0.3) is 0 Å². The van der Waals surface area contributed by atoms with Gasteiger partial charge in [-0.15, -0.1) is 4.40 Å². The summed E-state index contributed by atoms with van der Waals surface area (Å²) in [5.74, 6) is -2.32. The first-order chi connectivity index (χ1) is 15.2. The van der Waals surface area contributed by atoms with E-state index in [0.717, 1.165) is 6.07 Å². The molecular formula is C21H12ClN3O6S. The summed E-state index contributed by atoms with van der Waals surface area (Å²) in [4.78, 5) is 35.9. The number of hydrogen-bond acceptors (Lipinski definition) is 7. The second kappa shape index (κ2) is 6.94. The van der Waals surface area contributed by atoms with E-state index in [1.165, 1.54) is 18.2 Å². The highest BCUT2D eigenvalue weighted by atomic mass is 35.5. The molecule has 0 amide bonds. The Bertz CT molecular complexity index is 1460. The van der Waals surface area contributed by atoms with Gasteiger partial charge >= 0.3 is 0 Å². The van der Waals surface area contributed by atoms with Gasteiger partial charge in [-0.3, -0.25) is 19.7 Å². The number of halogens is 1. The summed E-state index contributed by atoms with van der Waals surface area (Å²) in [6.45, 7) is 0. The highest BCUT2D eigenvalue weighted by Gasteiger charge is 2.44. The molecule has 1 heterocycles. The molecule has 0 radical (unpaired) electrons. The Morgan fingerprint density at radius 3 is 2.41 bits per heavy atom. The fourth-order valence-electron chi connectivity index (χ4n) is 4.06. The number of allylic oxidation sites excluding steroid dienone is 3. The molecule has 0 saturated carbocycles. The second-order valence-corrected chi connectivity index (χ2v) is 9.36. The van der Waals surface area contributed by atoms with Crippen LogP contribution in [0.5, 0.6) is 0 Å². The lowest BCUT2D eigenvalue weighted by molar-refractivity contribution is -0.385. The van der Waals surface area contributed by atoms with Gasteiger partial charge in [0, 0.05) is 28.8 Å². The Morgan fingerprint density at radius 1 is 1.03 bits per heavy atom. The lowest BCUT2D eigenvalue weighted by Gasteiger charge is -2.32. The topological polar surface area (TPSA) is 136 Å². The number of ketones is 2. The predicted octanol–water partition coefficient (Wildman–Crippen LogP) is 2.97. The van der Waals surface area contributed by atoms with Gasteiger partial charge in [0.2, 0.25) is 0 Å². The average molecular weight is 470 g/mol. The third-order valence-electron chi connectivity index (χ3n) is 5.58. The Balaban J connectivity index is 1.54. The van der Waals surface area contributed by atoms with Gasteiger partial charge in [0.1, 0.15) is 4.90 Å². The van der Waals surface area contributed by atoms with Crippen LogP contribution in [0.15, 0.2) is 74.6 Å². The van der Waals surface area contributed by atoms with Crippen molar-refractivity contribution in [3.05, 3.63) is 92.2 Å². The number of nitrogens with one attached hydrogen (secondary N) is 1. The van der Waals surface area contributed by atoms with Crippen molar-refractivity contribution in [2.45, 2.75) is 4.90 Å². The van der Waals surface area contributed by atoms with E-state index in [-0.39, 0.29) is 49.8 Å². The summed E-state index contributed by atoms with van der Waals surface area (Å²) in [6.07, 6.45) is 3.05. The molecule has 0 spiro atoms. The Kier molecular flexibility index (Phi) is 4.40. The highest BCUT2D eigenvalue weighted by Crippen LogP contribution is 2.41. The number of non-ortho nitro benzene ring substituents is 1. The molecule has 5 rings (SSSR count). The number of carbonyl (C=O) groups excluding carboxylic acids is 2. The normalized spacial score (nSPS) is 22.7. The number of rotatable bonds is 2. The minimum atomic E-state index is -4.15. The van der Waals surface area contributed by atoms with Gasteiger partial charge in [0.25, 0.3) is 15.7 Å². The van der Waals surface area contributed by atoms with Gasteiger partial charge in [-0.05, 0) is 12.1 Å². The number of carbonyl (C=O) groups is 2. The molecule has 3 aliphatic rings. The van der Waals surface area contributed by atoms with E-state index >= 15 is 0 Å². The Labute approximate surface area is 186 Å². The van der Waals surface area contributed by atoms with Crippen molar-refractivity contribution < 1.29 is 22.9 Å². The lowest BCUT2D eigenvalue weighted by atomic mass is 9.72.